The van der Waals surface area contributed by atoms with Crippen molar-refractivity contribution in [2.75, 3.05) is 11.9 Å². The predicted octanol–water partition coefficient (Wildman–Crippen LogP) is 1.02. The van der Waals surface area contributed by atoms with Gasteiger partial charge in [-0.1, -0.05) is 13.3 Å². The number of anilines is 1. The van der Waals surface area contributed by atoms with E-state index in [4.69, 9.17) is 5.73 Å². The number of nitrogens with one attached hydrogen (secondary N) is 1. The van der Waals surface area contributed by atoms with E-state index in [0.29, 0.717) is 12.6 Å². The van der Waals surface area contributed by atoms with Gasteiger partial charge in [0.15, 0.2) is 0 Å². The van der Waals surface area contributed by atoms with Crippen molar-refractivity contribution in [1.29, 1.82) is 0 Å². The van der Waals surface area contributed by atoms with Gasteiger partial charge in [0, 0.05) is 18.8 Å². The first-order valence-corrected chi connectivity index (χ1v) is 4.61. The average molecular weight is 180 g/mol. The summed E-state index contributed by atoms with van der Waals surface area (Å²) in [6, 6.07) is 4.06. The summed E-state index contributed by atoms with van der Waals surface area (Å²) in [4.78, 5) is 0. The van der Waals surface area contributed by atoms with Crippen LogP contribution in [0, 0.1) is 0 Å². The van der Waals surface area contributed by atoms with Crippen molar-refractivity contribution in [3.63, 3.8) is 0 Å². The molecule has 1 aromatic rings. The summed E-state index contributed by atoms with van der Waals surface area (Å²) in [5, 5.41) is 10.9. The Bertz CT molecular complexity index is 224. The van der Waals surface area contributed by atoms with Gasteiger partial charge in [-0.2, -0.15) is 5.10 Å². The van der Waals surface area contributed by atoms with E-state index in [1.807, 2.05) is 12.1 Å². The molecule has 0 aliphatic carbocycles. The largest absolute Gasteiger partial charge is 0.365 e. The minimum atomic E-state index is 0.307. The second-order valence-corrected chi connectivity index (χ2v) is 2.97. The highest BCUT2D eigenvalue weighted by Crippen LogP contribution is 2.04. The van der Waals surface area contributed by atoms with Gasteiger partial charge in [0.2, 0.25) is 0 Å². The van der Waals surface area contributed by atoms with Gasteiger partial charge in [0.05, 0.1) is 0 Å². The van der Waals surface area contributed by atoms with Gasteiger partial charge in [-0.15, -0.1) is 5.10 Å². The van der Waals surface area contributed by atoms with E-state index in [-0.39, 0.29) is 0 Å². The molecule has 4 nitrogen and oxygen atoms in total. The van der Waals surface area contributed by atoms with E-state index in [2.05, 4.69) is 22.4 Å². The van der Waals surface area contributed by atoms with E-state index in [0.717, 1.165) is 18.7 Å². The van der Waals surface area contributed by atoms with E-state index < -0.39 is 0 Å². The molecule has 3 N–H and O–H groups in total. The third-order valence-corrected chi connectivity index (χ3v) is 1.85. The zero-order chi connectivity index (χ0) is 9.52. The monoisotopic (exact) mass is 180 g/mol. The van der Waals surface area contributed by atoms with Crippen LogP contribution in [0.1, 0.15) is 19.8 Å². The van der Waals surface area contributed by atoms with Gasteiger partial charge < -0.3 is 11.1 Å². The second-order valence-electron chi connectivity index (χ2n) is 2.97. The summed E-state index contributed by atoms with van der Waals surface area (Å²) < 4.78 is 0. The summed E-state index contributed by atoms with van der Waals surface area (Å²) in [5.74, 6) is 0.798. The molecule has 13 heavy (non-hydrogen) atoms. The van der Waals surface area contributed by atoms with Crippen molar-refractivity contribution in [2.24, 2.45) is 5.73 Å². The van der Waals surface area contributed by atoms with Crippen molar-refractivity contribution >= 4 is 5.82 Å². The van der Waals surface area contributed by atoms with Gasteiger partial charge in [0.1, 0.15) is 5.82 Å². The molecule has 0 radical (unpaired) electrons. The maximum atomic E-state index is 5.60. The predicted molar refractivity (Wildman–Crippen MR) is 53.4 cm³/mol. The van der Waals surface area contributed by atoms with Crippen LogP contribution in [0.5, 0.6) is 0 Å². The van der Waals surface area contributed by atoms with Crippen LogP contribution in [0.2, 0.25) is 0 Å². The van der Waals surface area contributed by atoms with Crippen LogP contribution in [-0.2, 0) is 0 Å². The Labute approximate surface area is 78.6 Å². The van der Waals surface area contributed by atoms with Crippen LogP contribution in [0.15, 0.2) is 18.3 Å². The molecule has 0 spiro atoms. The Hall–Kier alpha value is -1.16. The van der Waals surface area contributed by atoms with Gasteiger partial charge in [-0.25, -0.2) is 0 Å². The third kappa shape index (κ3) is 3.38. The van der Waals surface area contributed by atoms with Gasteiger partial charge in [-0.05, 0) is 18.6 Å². The van der Waals surface area contributed by atoms with E-state index in [9.17, 15) is 0 Å². The van der Waals surface area contributed by atoms with Crippen molar-refractivity contribution in [2.45, 2.75) is 25.8 Å². The second kappa shape index (κ2) is 5.48. The van der Waals surface area contributed by atoms with Crippen molar-refractivity contribution in [1.82, 2.24) is 10.2 Å². The van der Waals surface area contributed by atoms with Crippen LogP contribution >= 0.6 is 0 Å². The van der Waals surface area contributed by atoms with Crippen LogP contribution in [0.3, 0.4) is 0 Å². The number of hydrogen-bond acceptors (Lipinski definition) is 4. The molecule has 1 atom stereocenters. The zero-order valence-electron chi connectivity index (χ0n) is 7.90. The lowest BCUT2D eigenvalue weighted by Gasteiger charge is -2.15. The molecule has 1 aromatic heterocycles. The minimum Gasteiger partial charge on any atom is -0.365 e. The molecule has 1 unspecified atom stereocenters. The first kappa shape index (κ1) is 9.92. The SMILES string of the molecule is CCCC(CN)Nc1cccnn1. The average Bonchev–Trinajstić information content (AvgIpc) is 2.19. The molecule has 0 aliphatic heterocycles. The van der Waals surface area contributed by atoms with Crippen molar-refractivity contribution in [3.8, 4) is 0 Å². The van der Waals surface area contributed by atoms with Gasteiger partial charge >= 0.3 is 0 Å². The van der Waals surface area contributed by atoms with E-state index in [1.165, 1.54) is 0 Å². The summed E-state index contributed by atoms with van der Waals surface area (Å²) in [6.45, 7) is 2.77. The van der Waals surface area contributed by atoms with Crippen LogP contribution < -0.4 is 11.1 Å². The van der Waals surface area contributed by atoms with Crippen LogP contribution in [0.25, 0.3) is 0 Å². The van der Waals surface area contributed by atoms with E-state index >= 15 is 0 Å². The summed E-state index contributed by atoms with van der Waals surface area (Å²) in [7, 11) is 0. The molecule has 0 fully saturated rings. The molecule has 0 aliphatic rings. The number of aromatic nitrogens is 2. The molecule has 1 rings (SSSR count). The Morgan fingerprint density at radius 2 is 2.46 bits per heavy atom. The molecule has 1 heterocycles. The lowest BCUT2D eigenvalue weighted by Crippen LogP contribution is -2.29. The Morgan fingerprint density at radius 3 is 3.00 bits per heavy atom. The molecular formula is C9H16N4. The Balaban J connectivity index is 2.46. The fraction of sp³-hybridized carbons (Fsp3) is 0.556. The lowest BCUT2D eigenvalue weighted by atomic mass is 10.2. The van der Waals surface area contributed by atoms with E-state index in [1.54, 1.807) is 6.20 Å². The first-order chi connectivity index (χ1) is 6.36. The molecule has 0 bridgehead atoms. The standard InChI is InChI=1S/C9H16N4/c1-2-4-8(7-10)12-9-5-3-6-11-13-9/h3,5-6,8H,2,4,7,10H2,1H3,(H,12,13). The van der Waals surface area contributed by atoms with Crippen molar-refractivity contribution in [3.05, 3.63) is 18.3 Å². The summed E-state index contributed by atoms with van der Waals surface area (Å²) in [5.41, 5.74) is 5.60. The molecular weight excluding hydrogens is 164 g/mol. The lowest BCUT2D eigenvalue weighted by molar-refractivity contribution is 0.644. The molecule has 0 amide bonds. The topological polar surface area (TPSA) is 63.8 Å². The highest BCUT2D eigenvalue weighted by molar-refractivity contribution is 5.32. The normalized spacial score (nSPS) is 12.5. The summed E-state index contributed by atoms with van der Waals surface area (Å²) in [6.07, 6.45) is 3.84. The Kier molecular flexibility index (Phi) is 4.18. The molecule has 0 aromatic carbocycles. The van der Waals surface area contributed by atoms with Gasteiger partial charge in [0.25, 0.3) is 0 Å². The molecule has 0 saturated heterocycles. The molecule has 72 valence electrons. The van der Waals surface area contributed by atoms with Crippen molar-refractivity contribution < 1.29 is 0 Å². The number of rotatable bonds is 5. The fourth-order valence-corrected chi connectivity index (χ4v) is 1.19. The maximum absolute atomic E-state index is 5.60. The maximum Gasteiger partial charge on any atom is 0.148 e. The summed E-state index contributed by atoms with van der Waals surface area (Å²) >= 11 is 0. The highest BCUT2D eigenvalue weighted by Gasteiger charge is 2.04. The highest BCUT2D eigenvalue weighted by atomic mass is 15.2. The first-order valence-electron chi connectivity index (χ1n) is 4.61. The zero-order valence-corrected chi connectivity index (χ0v) is 7.90. The number of nitrogens with zero attached hydrogens (tertiary/aromatic N) is 2. The van der Waals surface area contributed by atoms with Crippen LogP contribution in [0.4, 0.5) is 5.82 Å². The molecule has 4 heteroatoms. The number of hydrogen-bond donors (Lipinski definition) is 2. The third-order valence-electron chi connectivity index (χ3n) is 1.85. The number of nitrogens with two attached hydrogens (primary N) is 1. The van der Waals surface area contributed by atoms with Gasteiger partial charge in [-0.3, -0.25) is 0 Å². The Morgan fingerprint density at radius 1 is 1.62 bits per heavy atom. The fourth-order valence-electron chi connectivity index (χ4n) is 1.19. The molecule has 0 saturated carbocycles. The van der Waals surface area contributed by atoms with Crippen LogP contribution in [-0.4, -0.2) is 22.8 Å². The minimum absolute atomic E-state index is 0.307. The quantitative estimate of drug-likeness (QED) is 0.710. The smallest absolute Gasteiger partial charge is 0.148 e.